The molecule has 120 valence electrons. The third-order valence-electron chi connectivity index (χ3n) is 4.21. The molecule has 4 nitrogen and oxygen atoms in total. The van der Waals surface area contributed by atoms with Gasteiger partial charge in [0.25, 0.3) is 0 Å². The van der Waals surface area contributed by atoms with Crippen molar-refractivity contribution in [2.24, 2.45) is 0 Å². The summed E-state index contributed by atoms with van der Waals surface area (Å²) >= 11 is 0. The largest absolute Gasteiger partial charge is 0.508 e. The van der Waals surface area contributed by atoms with Crippen LogP contribution in [0.25, 0.3) is 0 Å². The zero-order valence-electron chi connectivity index (χ0n) is 13.2. The first-order valence-electron chi connectivity index (χ1n) is 7.88. The molecule has 1 amide bonds. The van der Waals surface area contributed by atoms with E-state index in [4.69, 9.17) is 4.74 Å². The number of hydrogen-bond acceptors (Lipinski definition) is 3. The Morgan fingerprint density at radius 2 is 1.87 bits per heavy atom. The van der Waals surface area contributed by atoms with E-state index in [1.54, 1.807) is 18.2 Å². The van der Waals surface area contributed by atoms with E-state index in [9.17, 15) is 9.90 Å². The minimum atomic E-state index is -0.0780. The van der Waals surface area contributed by atoms with Gasteiger partial charge in [0.05, 0.1) is 25.2 Å². The molecular formula is C19H21NO3. The van der Waals surface area contributed by atoms with Crippen molar-refractivity contribution >= 4 is 5.91 Å². The van der Waals surface area contributed by atoms with E-state index in [-0.39, 0.29) is 30.2 Å². The van der Waals surface area contributed by atoms with E-state index in [1.165, 1.54) is 0 Å². The Labute approximate surface area is 136 Å². The van der Waals surface area contributed by atoms with E-state index < -0.39 is 0 Å². The standard InChI is InChI=1S/C19H21NO3/c1-14-12-20(17(13-23-14)15-7-3-2-4-8-15)19(22)11-16-9-5-6-10-18(16)21/h2-10,14,17,21H,11-13H2,1H3/t14-,17-/m1/s1. The highest BCUT2D eigenvalue weighted by Crippen LogP contribution is 2.27. The van der Waals surface area contributed by atoms with Crippen LogP contribution in [0.1, 0.15) is 24.1 Å². The van der Waals surface area contributed by atoms with Crippen LogP contribution >= 0.6 is 0 Å². The molecule has 0 aliphatic carbocycles. The second kappa shape index (κ2) is 6.84. The van der Waals surface area contributed by atoms with Gasteiger partial charge in [0.2, 0.25) is 5.91 Å². The molecule has 1 saturated heterocycles. The summed E-state index contributed by atoms with van der Waals surface area (Å²) in [6.07, 6.45) is 0.214. The van der Waals surface area contributed by atoms with Gasteiger partial charge in [-0.2, -0.15) is 0 Å². The van der Waals surface area contributed by atoms with E-state index >= 15 is 0 Å². The monoisotopic (exact) mass is 311 g/mol. The molecule has 23 heavy (non-hydrogen) atoms. The summed E-state index contributed by atoms with van der Waals surface area (Å²) < 4.78 is 5.76. The molecule has 0 aromatic heterocycles. The van der Waals surface area contributed by atoms with Crippen molar-refractivity contribution in [1.82, 2.24) is 4.90 Å². The first-order valence-corrected chi connectivity index (χ1v) is 7.88. The molecular weight excluding hydrogens is 290 g/mol. The average Bonchev–Trinajstić information content (AvgIpc) is 2.57. The van der Waals surface area contributed by atoms with Gasteiger partial charge in [0.15, 0.2) is 0 Å². The van der Waals surface area contributed by atoms with Gasteiger partial charge in [0, 0.05) is 12.1 Å². The number of aromatic hydroxyl groups is 1. The van der Waals surface area contributed by atoms with Gasteiger partial charge >= 0.3 is 0 Å². The lowest BCUT2D eigenvalue weighted by atomic mass is 10.0. The minimum absolute atomic E-state index is 0.00973. The summed E-state index contributed by atoms with van der Waals surface area (Å²) in [6.45, 7) is 3.03. The number of morpholine rings is 1. The van der Waals surface area contributed by atoms with Crippen LogP contribution in [0.5, 0.6) is 5.75 Å². The second-order valence-corrected chi connectivity index (χ2v) is 5.92. The number of amides is 1. The Bertz CT molecular complexity index is 671. The van der Waals surface area contributed by atoms with Gasteiger partial charge in [-0.15, -0.1) is 0 Å². The van der Waals surface area contributed by atoms with Crippen LogP contribution in [0, 0.1) is 0 Å². The fourth-order valence-electron chi connectivity index (χ4n) is 2.95. The van der Waals surface area contributed by atoms with Crippen molar-refractivity contribution in [2.75, 3.05) is 13.2 Å². The van der Waals surface area contributed by atoms with Gasteiger partial charge < -0.3 is 14.7 Å². The molecule has 1 aliphatic heterocycles. The predicted molar refractivity (Wildman–Crippen MR) is 88.1 cm³/mol. The number of carbonyl (C=O) groups is 1. The summed E-state index contributed by atoms with van der Waals surface area (Å²) in [4.78, 5) is 14.7. The van der Waals surface area contributed by atoms with Crippen LogP contribution in [0.3, 0.4) is 0 Å². The molecule has 1 aliphatic rings. The zero-order valence-corrected chi connectivity index (χ0v) is 13.2. The predicted octanol–water partition coefficient (Wildman–Crippen LogP) is 2.92. The van der Waals surface area contributed by atoms with Crippen molar-refractivity contribution in [3.63, 3.8) is 0 Å². The second-order valence-electron chi connectivity index (χ2n) is 5.92. The Morgan fingerprint density at radius 3 is 2.61 bits per heavy atom. The normalized spacial score (nSPS) is 21.2. The molecule has 0 radical (unpaired) electrons. The van der Waals surface area contributed by atoms with Crippen LogP contribution in [-0.4, -0.2) is 35.2 Å². The molecule has 1 fully saturated rings. The number of phenols is 1. The third-order valence-corrected chi connectivity index (χ3v) is 4.21. The topological polar surface area (TPSA) is 49.8 Å². The minimum Gasteiger partial charge on any atom is -0.508 e. The van der Waals surface area contributed by atoms with Crippen molar-refractivity contribution in [1.29, 1.82) is 0 Å². The Morgan fingerprint density at radius 1 is 1.17 bits per heavy atom. The van der Waals surface area contributed by atoms with Crippen LogP contribution in [-0.2, 0) is 16.0 Å². The van der Waals surface area contributed by atoms with E-state index in [1.807, 2.05) is 48.2 Å². The Balaban J connectivity index is 1.82. The summed E-state index contributed by atoms with van der Waals surface area (Å²) in [7, 11) is 0. The van der Waals surface area contributed by atoms with Crippen LogP contribution in [0.15, 0.2) is 54.6 Å². The number of phenolic OH excluding ortho intramolecular Hbond substituents is 1. The Hall–Kier alpha value is -2.33. The van der Waals surface area contributed by atoms with Gasteiger partial charge in [0.1, 0.15) is 5.75 Å². The van der Waals surface area contributed by atoms with Gasteiger partial charge in [-0.1, -0.05) is 48.5 Å². The summed E-state index contributed by atoms with van der Waals surface area (Å²) in [6, 6.07) is 16.8. The van der Waals surface area contributed by atoms with Gasteiger partial charge in [-0.05, 0) is 18.6 Å². The van der Waals surface area contributed by atoms with Crippen LogP contribution in [0.2, 0.25) is 0 Å². The maximum Gasteiger partial charge on any atom is 0.227 e. The lowest BCUT2D eigenvalue weighted by Gasteiger charge is -2.39. The van der Waals surface area contributed by atoms with E-state index in [2.05, 4.69) is 0 Å². The molecule has 4 heteroatoms. The molecule has 0 bridgehead atoms. The van der Waals surface area contributed by atoms with Crippen LogP contribution < -0.4 is 0 Å². The highest BCUT2D eigenvalue weighted by molar-refractivity contribution is 5.80. The lowest BCUT2D eigenvalue weighted by Crippen LogP contribution is -2.47. The lowest BCUT2D eigenvalue weighted by molar-refractivity contribution is -0.144. The molecule has 2 atom stereocenters. The number of ether oxygens (including phenoxy) is 1. The molecule has 1 N–H and O–H groups in total. The van der Waals surface area contributed by atoms with Crippen molar-refractivity contribution in [3.05, 3.63) is 65.7 Å². The molecule has 0 unspecified atom stereocenters. The highest BCUT2D eigenvalue weighted by atomic mass is 16.5. The Kier molecular flexibility index (Phi) is 4.63. The zero-order chi connectivity index (χ0) is 16.2. The van der Waals surface area contributed by atoms with Crippen LogP contribution in [0.4, 0.5) is 0 Å². The number of benzene rings is 2. The van der Waals surface area contributed by atoms with Crippen molar-refractivity contribution < 1.29 is 14.6 Å². The van der Waals surface area contributed by atoms with Crippen molar-refractivity contribution in [2.45, 2.75) is 25.5 Å². The highest BCUT2D eigenvalue weighted by Gasteiger charge is 2.31. The molecule has 1 heterocycles. The van der Waals surface area contributed by atoms with Crippen molar-refractivity contribution in [3.8, 4) is 5.75 Å². The average molecular weight is 311 g/mol. The third kappa shape index (κ3) is 3.54. The molecule has 2 aromatic carbocycles. The number of para-hydroxylation sites is 1. The first-order chi connectivity index (χ1) is 11.1. The summed E-state index contributed by atoms with van der Waals surface area (Å²) in [5, 5.41) is 9.90. The van der Waals surface area contributed by atoms with E-state index in [0.717, 1.165) is 5.56 Å². The number of carbonyl (C=O) groups excluding carboxylic acids is 1. The SMILES string of the molecule is C[C@@H]1CN(C(=O)Cc2ccccc2O)[C@@H](c2ccccc2)CO1. The maximum atomic E-state index is 12.8. The molecule has 2 aromatic rings. The van der Waals surface area contributed by atoms with Gasteiger partial charge in [-0.3, -0.25) is 4.79 Å². The quantitative estimate of drug-likeness (QED) is 0.948. The molecule has 3 rings (SSSR count). The fraction of sp³-hybridized carbons (Fsp3) is 0.316. The molecule has 0 saturated carbocycles. The summed E-state index contributed by atoms with van der Waals surface area (Å²) in [5.74, 6) is 0.175. The number of hydrogen-bond donors (Lipinski definition) is 1. The maximum absolute atomic E-state index is 12.8. The first kappa shape index (κ1) is 15.6. The van der Waals surface area contributed by atoms with Gasteiger partial charge in [-0.25, -0.2) is 0 Å². The number of rotatable bonds is 3. The molecule has 0 spiro atoms. The smallest absolute Gasteiger partial charge is 0.227 e. The number of nitrogens with zero attached hydrogens (tertiary/aromatic N) is 1. The fourth-order valence-corrected chi connectivity index (χ4v) is 2.95. The van der Waals surface area contributed by atoms with E-state index in [0.29, 0.717) is 18.7 Å². The summed E-state index contributed by atoms with van der Waals surface area (Å²) in [5.41, 5.74) is 1.73.